The predicted octanol–water partition coefficient (Wildman–Crippen LogP) is 4.80. The smallest absolute Gasteiger partial charge is 0.119 e. The highest BCUT2D eigenvalue weighted by Gasteiger charge is 2.28. The van der Waals surface area contributed by atoms with Gasteiger partial charge in [0.2, 0.25) is 0 Å². The van der Waals surface area contributed by atoms with E-state index < -0.39 is 0 Å². The molecule has 28 heavy (non-hydrogen) atoms. The van der Waals surface area contributed by atoms with Crippen molar-refractivity contribution >= 4 is 11.4 Å². The number of methoxy groups -OCH3 is 2. The number of rotatable bonds is 6. The summed E-state index contributed by atoms with van der Waals surface area (Å²) in [5, 5.41) is 21.5. The minimum absolute atomic E-state index is 0.174. The summed E-state index contributed by atoms with van der Waals surface area (Å²) in [5.41, 5.74) is 1.59. The van der Waals surface area contributed by atoms with Gasteiger partial charge in [-0.25, -0.2) is 0 Å². The highest BCUT2D eigenvalue weighted by atomic mass is 16.5. The lowest BCUT2D eigenvalue weighted by molar-refractivity contribution is 0.0360. The van der Waals surface area contributed by atoms with Crippen molar-refractivity contribution in [3.05, 3.63) is 48.5 Å². The van der Waals surface area contributed by atoms with Crippen LogP contribution < -0.4 is 9.47 Å². The second kappa shape index (κ2) is 9.16. The van der Waals surface area contributed by atoms with Crippen molar-refractivity contribution in [1.29, 1.82) is 0 Å². The van der Waals surface area contributed by atoms with Crippen molar-refractivity contribution in [2.75, 3.05) is 27.3 Å². The van der Waals surface area contributed by atoms with Crippen LogP contribution in [-0.4, -0.2) is 49.4 Å². The summed E-state index contributed by atoms with van der Waals surface area (Å²) in [7, 11) is 3.29. The Balaban J connectivity index is 1.59. The van der Waals surface area contributed by atoms with Crippen molar-refractivity contribution in [2.24, 2.45) is 20.7 Å². The van der Waals surface area contributed by atoms with E-state index in [4.69, 9.17) is 9.47 Å². The Morgan fingerprint density at radius 3 is 1.36 bits per heavy atom. The Morgan fingerprint density at radius 2 is 1.04 bits per heavy atom. The van der Waals surface area contributed by atoms with Gasteiger partial charge in [-0.1, -0.05) is 10.4 Å². The Bertz CT molecular complexity index is 737. The number of piperazine rings is 1. The van der Waals surface area contributed by atoms with E-state index >= 15 is 0 Å². The fourth-order valence-electron chi connectivity index (χ4n) is 2.86. The average Bonchev–Trinajstić information content (AvgIpc) is 2.73. The molecular weight excluding hydrogens is 356 g/mol. The molecule has 1 fully saturated rings. The van der Waals surface area contributed by atoms with Crippen LogP contribution in [0, 0.1) is 0 Å². The fourth-order valence-corrected chi connectivity index (χ4v) is 2.86. The van der Waals surface area contributed by atoms with E-state index in [-0.39, 0.29) is 12.1 Å². The number of hydrogen-bond donors (Lipinski definition) is 0. The molecule has 0 bridgehead atoms. The van der Waals surface area contributed by atoms with Gasteiger partial charge >= 0.3 is 0 Å². The maximum Gasteiger partial charge on any atom is 0.119 e. The van der Waals surface area contributed by atoms with Gasteiger partial charge in [-0.2, -0.15) is 0 Å². The molecule has 1 heterocycles. The molecule has 0 radical (unpaired) electrons. The first kappa shape index (κ1) is 19.6. The zero-order valence-corrected chi connectivity index (χ0v) is 16.7. The van der Waals surface area contributed by atoms with Gasteiger partial charge < -0.3 is 9.47 Å². The average molecular weight is 382 g/mol. The molecule has 1 aliphatic rings. The van der Waals surface area contributed by atoms with E-state index in [1.165, 1.54) is 0 Å². The summed E-state index contributed by atoms with van der Waals surface area (Å²) >= 11 is 0. The largest absolute Gasteiger partial charge is 0.497 e. The highest BCUT2D eigenvalue weighted by Crippen LogP contribution is 2.23. The monoisotopic (exact) mass is 382 g/mol. The van der Waals surface area contributed by atoms with Crippen LogP contribution in [0.1, 0.15) is 13.8 Å². The molecule has 0 saturated carbocycles. The predicted molar refractivity (Wildman–Crippen MR) is 107 cm³/mol. The molecule has 1 saturated heterocycles. The van der Waals surface area contributed by atoms with E-state index in [1.807, 2.05) is 58.5 Å². The zero-order valence-electron chi connectivity index (χ0n) is 16.7. The second-order valence-corrected chi connectivity index (χ2v) is 6.72. The number of hydrogen-bond acceptors (Lipinski definition) is 6. The Morgan fingerprint density at radius 1 is 0.679 bits per heavy atom. The molecule has 0 amide bonds. The van der Waals surface area contributed by atoms with Crippen molar-refractivity contribution in [1.82, 2.24) is 10.0 Å². The van der Waals surface area contributed by atoms with Crippen LogP contribution in [0.3, 0.4) is 0 Å². The molecule has 0 aliphatic carbocycles. The van der Waals surface area contributed by atoms with Gasteiger partial charge in [-0.3, -0.25) is 10.0 Å². The van der Waals surface area contributed by atoms with Crippen LogP contribution in [0.4, 0.5) is 11.4 Å². The van der Waals surface area contributed by atoms with Crippen molar-refractivity contribution in [3.8, 4) is 11.5 Å². The lowest BCUT2D eigenvalue weighted by Crippen LogP contribution is -2.52. The maximum absolute atomic E-state index is 5.16. The van der Waals surface area contributed by atoms with Crippen LogP contribution in [0.5, 0.6) is 11.5 Å². The Labute approximate surface area is 165 Å². The molecule has 3 rings (SSSR count). The molecule has 8 nitrogen and oxygen atoms in total. The van der Waals surface area contributed by atoms with Crippen molar-refractivity contribution < 1.29 is 9.47 Å². The van der Waals surface area contributed by atoms with Crippen LogP contribution in [0.2, 0.25) is 0 Å². The molecule has 2 aromatic carbocycles. The Kier molecular flexibility index (Phi) is 6.41. The first-order valence-corrected chi connectivity index (χ1v) is 9.23. The molecule has 148 valence electrons. The summed E-state index contributed by atoms with van der Waals surface area (Å²) in [4.78, 5) is 0. The highest BCUT2D eigenvalue weighted by molar-refractivity contribution is 5.41. The molecule has 0 unspecified atom stereocenters. The SMILES string of the molecule is COc1ccc(N=NN2C[C@H](C)N(N=Nc3ccc(OC)cc3)C[C@H]2C)cc1. The lowest BCUT2D eigenvalue weighted by atomic mass is 10.2. The van der Waals surface area contributed by atoms with E-state index in [1.54, 1.807) is 14.2 Å². The molecule has 2 atom stereocenters. The first-order valence-electron chi connectivity index (χ1n) is 9.23. The van der Waals surface area contributed by atoms with Crippen LogP contribution >= 0.6 is 0 Å². The third-order valence-corrected chi connectivity index (χ3v) is 4.62. The number of nitrogens with zero attached hydrogens (tertiary/aromatic N) is 6. The van der Waals surface area contributed by atoms with E-state index in [0.717, 1.165) is 36.0 Å². The first-order chi connectivity index (χ1) is 13.6. The Hall–Kier alpha value is -3.16. The van der Waals surface area contributed by atoms with Gasteiger partial charge in [0.25, 0.3) is 0 Å². The normalized spacial score (nSPS) is 20.1. The quantitative estimate of drug-likeness (QED) is 0.673. The molecular formula is C20H26N6O2. The molecule has 0 spiro atoms. The van der Waals surface area contributed by atoms with E-state index in [9.17, 15) is 0 Å². The molecule has 2 aromatic rings. The van der Waals surface area contributed by atoms with Crippen molar-refractivity contribution in [3.63, 3.8) is 0 Å². The number of ether oxygens (including phenoxy) is 2. The van der Waals surface area contributed by atoms with Gasteiger partial charge in [0, 0.05) is 0 Å². The maximum atomic E-state index is 5.16. The van der Waals surface area contributed by atoms with Gasteiger partial charge in [0.15, 0.2) is 0 Å². The molecule has 0 aromatic heterocycles. The third-order valence-electron chi connectivity index (χ3n) is 4.62. The summed E-state index contributed by atoms with van der Waals surface area (Å²) in [6.07, 6.45) is 0. The summed E-state index contributed by atoms with van der Waals surface area (Å²) in [6.45, 7) is 5.66. The van der Waals surface area contributed by atoms with E-state index in [2.05, 4.69) is 34.5 Å². The molecule has 1 aliphatic heterocycles. The molecule has 0 N–H and O–H groups in total. The minimum atomic E-state index is 0.174. The summed E-state index contributed by atoms with van der Waals surface area (Å²) < 4.78 is 10.3. The van der Waals surface area contributed by atoms with Gasteiger partial charge in [-0.05, 0) is 62.4 Å². The number of benzene rings is 2. The van der Waals surface area contributed by atoms with Crippen molar-refractivity contribution in [2.45, 2.75) is 25.9 Å². The standard InChI is InChI=1S/C20H26N6O2/c1-15-13-26(24-22-18-7-11-20(28-4)12-8-18)16(2)14-25(15)23-21-17-5-9-19(27-3)10-6-17/h5-12,15-16H,13-14H2,1-4H3/t15-,16+. The topological polar surface area (TPSA) is 74.4 Å². The third kappa shape index (κ3) is 4.97. The fraction of sp³-hybridized carbons (Fsp3) is 0.400. The van der Waals surface area contributed by atoms with Gasteiger partial charge in [-0.15, -0.1) is 10.2 Å². The zero-order chi connectivity index (χ0) is 19.9. The van der Waals surface area contributed by atoms with E-state index in [0.29, 0.717) is 0 Å². The lowest BCUT2D eigenvalue weighted by Gasteiger charge is -2.39. The minimum Gasteiger partial charge on any atom is -0.497 e. The van der Waals surface area contributed by atoms with Gasteiger partial charge in [0.05, 0.1) is 50.8 Å². The van der Waals surface area contributed by atoms with Crippen LogP contribution in [0.25, 0.3) is 0 Å². The molecule has 8 heteroatoms. The van der Waals surface area contributed by atoms with Crippen LogP contribution in [0.15, 0.2) is 69.2 Å². The van der Waals surface area contributed by atoms with Crippen LogP contribution in [-0.2, 0) is 0 Å². The summed E-state index contributed by atoms with van der Waals surface area (Å²) in [5.74, 6) is 1.61. The van der Waals surface area contributed by atoms with Gasteiger partial charge in [0.1, 0.15) is 11.5 Å². The summed E-state index contributed by atoms with van der Waals surface area (Å²) in [6, 6.07) is 15.4. The second-order valence-electron chi connectivity index (χ2n) is 6.72.